The smallest absolute Gasteiger partial charge is 0.101 e. The standard InChI is InChI=1S/C8H13NO/c1-6-4-8(5-10-6)7(2)9-3/h4-5,7,9H,1-3H3. The average molecular weight is 139 g/mol. The van der Waals surface area contributed by atoms with E-state index in [4.69, 9.17) is 4.42 Å². The van der Waals surface area contributed by atoms with E-state index in [1.807, 2.05) is 20.0 Å². The zero-order valence-electron chi connectivity index (χ0n) is 6.64. The van der Waals surface area contributed by atoms with Gasteiger partial charge in [0.15, 0.2) is 0 Å². The lowest BCUT2D eigenvalue weighted by Crippen LogP contribution is -2.10. The normalized spacial score (nSPS) is 13.5. The number of aryl methyl sites for hydroxylation is 1. The third kappa shape index (κ3) is 1.39. The molecule has 1 heterocycles. The third-order valence-corrected chi connectivity index (χ3v) is 1.68. The Morgan fingerprint density at radius 1 is 1.60 bits per heavy atom. The number of furan rings is 1. The summed E-state index contributed by atoms with van der Waals surface area (Å²) in [5.74, 6) is 0.970. The Morgan fingerprint density at radius 2 is 2.30 bits per heavy atom. The highest BCUT2D eigenvalue weighted by molar-refractivity contribution is 5.15. The van der Waals surface area contributed by atoms with Gasteiger partial charge in [-0.05, 0) is 27.0 Å². The van der Waals surface area contributed by atoms with Gasteiger partial charge in [0, 0.05) is 11.6 Å². The van der Waals surface area contributed by atoms with Crippen molar-refractivity contribution in [3.8, 4) is 0 Å². The lowest BCUT2D eigenvalue weighted by molar-refractivity contribution is 0.526. The van der Waals surface area contributed by atoms with Gasteiger partial charge in [-0.3, -0.25) is 0 Å². The molecule has 1 unspecified atom stereocenters. The van der Waals surface area contributed by atoms with Crippen LogP contribution >= 0.6 is 0 Å². The second kappa shape index (κ2) is 2.88. The van der Waals surface area contributed by atoms with Crippen molar-refractivity contribution in [3.05, 3.63) is 23.7 Å². The molecule has 0 radical (unpaired) electrons. The van der Waals surface area contributed by atoms with Crippen LogP contribution in [0, 0.1) is 6.92 Å². The van der Waals surface area contributed by atoms with Crippen molar-refractivity contribution in [2.45, 2.75) is 19.9 Å². The lowest BCUT2D eigenvalue weighted by Gasteiger charge is -2.04. The highest BCUT2D eigenvalue weighted by atomic mass is 16.3. The largest absolute Gasteiger partial charge is 0.469 e. The first-order valence-corrected chi connectivity index (χ1v) is 3.46. The number of hydrogen-bond donors (Lipinski definition) is 1. The Kier molecular flexibility index (Phi) is 2.12. The van der Waals surface area contributed by atoms with E-state index in [1.165, 1.54) is 5.56 Å². The van der Waals surface area contributed by atoms with Crippen molar-refractivity contribution in [2.75, 3.05) is 7.05 Å². The van der Waals surface area contributed by atoms with E-state index in [9.17, 15) is 0 Å². The first-order chi connectivity index (χ1) is 4.74. The maximum atomic E-state index is 5.15. The molecule has 0 aliphatic carbocycles. The van der Waals surface area contributed by atoms with E-state index < -0.39 is 0 Å². The van der Waals surface area contributed by atoms with Gasteiger partial charge in [0.05, 0.1) is 6.26 Å². The summed E-state index contributed by atoms with van der Waals surface area (Å²) in [7, 11) is 1.94. The minimum Gasteiger partial charge on any atom is -0.469 e. The summed E-state index contributed by atoms with van der Waals surface area (Å²) in [5.41, 5.74) is 1.21. The Labute approximate surface area is 61.2 Å². The second-order valence-corrected chi connectivity index (χ2v) is 2.50. The molecule has 1 aromatic heterocycles. The van der Waals surface area contributed by atoms with E-state index in [2.05, 4.69) is 12.2 Å². The van der Waals surface area contributed by atoms with E-state index in [0.717, 1.165) is 5.76 Å². The molecule has 0 spiro atoms. The Bertz CT molecular complexity index is 205. The molecule has 0 aliphatic heterocycles. The van der Waals surface area contributed by atoms with Gasteiger partial charge in [0.2, 0.25) is 0 Å². The van der Waals surface area contributed by atoms with E-state index >= 15 is 0 Å². The summed E-state index contributed by atoms with van der Waals surface area (Å²) < 4.78 is 5.15. The maximum Gasteiger partial charge on any atom is 0.101 e. The number of nitrogens with one attached hydrogen (secondary N) is 1. The zero-order chi connectivity index (χ0) is 7.56. The first kappa shape index (κ1) is 7.35. The fourth-order valence-corrected chi connectivity index (χ4v) is 0.857. The van der Waals surface area contributed by atoms with Gasteiger partial charge in [-0.25, -0.2) is 0 Å². The fraction of sp³-hybridized carbons (Fsp3) is 0.500. The zero-order valence-corrected chi connectivity index (χ0v) is 6.64. The molecule has 0 saturated carbocycles. The molecule has 1 rings (SSSR count). The van der Waals surface area contributed by atoms with Gasteiger partial charge in [-0.1, -0.05) is 0 Å². The third-order valence-electron chi connectivity index (χ3n) is 1.68. The molecule has 0 aromatic carbocycles. The van der Waals surface area contributed by atoms with Crippen LogP contribution in [0.4, 0.5) is 0 Å². The highest BCUT2D eigenvalue weighted by Gasteiger charge is 2.03. The summed E-state index contributed by atoms with van der Waals surface area (Å²) >= 11 is 0. The Balaban J connectivity index is 2.74. The van der Waals surface area contributed by atoms with Crippen LogP contribution in [-0.2, 0) is 0 Å². The summed E-state index contributed by atoms with van der Waals surface area (Å²) in [4.78, 5) is 0. The number of hydrogen-bond acceptors (Lipinski definition) is 2. The van der Waals surface area contributed by atoms with E-state index in [0.29, 0.717) is 6.04 Å². The SMILES string of the molecule is CNC(C)c1coc(C)c1. The minimum absolute atomic E-state index is 0.387. The highest BCUT2D eigenvalue weighted by Crippen LogP contribution is 2.14. The Hall–Kier alpha value is -0.760. The molecule has 2 heteroatoms. The predicted molar refractivity (Wildman–Crippen MR) is 40.9 cm³/mol. The van der Waals surface area contributed by atoms with Gasteiger partial charge in [0.25, 0.3) is 0 Å². The van der Waals surface area contributed by atoms with Crippen LogP contribution in [0.15, 0.2) is 16.7 Å². The summed E-state index contributed by atoms with van der Waals surface area (Å²) in [5, 5.41) is 3.13. The van der Waals surface area contributed by atoms with Gasteiger partial charge >= 0.3 is 0 Å². The molecule has 0 bridgehead atoms. The molecular formula is C8H13NO. The van der Waals surface area contributed by atoms with Crippen molar-refractivity contribution in [1.29, 1.82) is 0 Å². The van der Waals surface area contributed by atoms with Crippen LogP contribution in [0.1, 0.15) is 24.3 Å². The first-order valence-electron chi connectivity index (χ1n) is 3.46. The molecule has 1 N–H and O–H groups in total. The van der Waals surface area contributed by atoms with Crippen molar-refractivity contribution in [1.82, 2.24) is 5.32 Å². The maximum absolute atomic E-state index is 5.15. The predicted octanol–water partition coefficient (Wildman–Crippen LogP) is 1.87. The van der Waals surface area contributed by atoms with Crippen LogP contribution in [0.3, 0.4) is 0 Å². The van der Waals surface area contributed by atoms with Crippen LogP contribution < -0.4 is 5.32 Å². The van der Waals surface area contributed by atoms with Crippen LogP contribution in [-0.4, -0.2) is 7.05 Å². The van der Waals surface area contributed by atoms with Crippen molar-refractivity contribution >= 4 is 0 Å². The molecule has 56 valence electrons. The molecule has 1 aromatic rings. The monoisotopic (exact) mass is 139 g/mol. The average Bonchev–Trinajstić information content (AvgIpc) is 2.34. The molecular weight excluding hydrogens is 126 g/mol. The van der Waals surface area contributed by atoms with Crippen molar-refractivity contribution < 1.29 is 4.42 Å². The molecule has 0 aliphatic rings. The van der Waals surface area contributed by atoms with Gasteiger partial charge in [0.1, 0.15) is 5.76 Å². The minimum atomic E-state index is 0.387. The molecule has 10 heavy (non-hydrogen) atoms. The van der Waals surface area contributed by atoms with Crippen LogP contribution in [0.5, 0.6) is 0 Å². The second-order valence-electron chi connectivity index (χ2n) is 2.50. The molecule has 0 fully saturated rings. The number of rotatable bonds is 2. The van der Waals surface area contributed by atoms with Gasteiger partial charge in [-0.15, -0.1) is 0 Å². The van der Waals surface area contributed by atoms with Crippen LogP contribution in [0.25, 0.3) is 0 Å². The van der Waals surface area contributed by atoms with Gasteiger partial charge in [-0.2, -0.15) is 0 Å². The molecule has 0 amide bonds. The Morgan fingerprint density at radius 3 is 2.70 bits per heavy atom. The summed E-state index contributed by atoms with van der Waals surface area (Å²) in [6.45, 7) is 4.05. The van der Waals surface area contributed by atoms with Crippen molar-refractivity contribution in [2.24, 2.45) is 0 Å². The lowest BCUT2D eigenvalue weighted by atomic mass is 10.2. The quantitative estimate of drug-likeness (QED) is 0.676. The van der Waals surface area contributed by atoms with Gasteiger partial charge < -0.3 is 9.73 Å². The van der Waals surface area contributed by atoms with E-state index in [1.54, 1.807) is 6.26 Å². The summed E-state index contributed by atoms with van der Waals surface area (Å²) in [6, 6.07) is 2.43. The molecule has 0 saturated heterocycles. The van der Waals surface area contributed by atoms with Crippen LogP contribution in [0.2, 0.25) is 0 Å². The molecule has 2 nitrogen and oxygen atoms in total. The van der Waals surface area contributed by atoms with Crippen molar-refractivity contribution in [3.63, 3.8) is 0 Å². The van der Waals surface area contributed by atoms with E-state index in [-0.39, 0.29) is 0 Å². The summed E-state index contributed by atoms with van der Waals surface area (Å²) in [6.07, 6.45) is 1.79. The topological polar surface area (TPSA) is 25.2 Å². The molecule has 1 atom stereocenters. The fourth-order valence-electron chi connectivity index (χ4n) is 0.857.